The summed E-state index contributed by atoms with van der Waals surface area (Å²) in [6.07, 6.45) is 5.69. The topological polar surface area (TPSA) is 69.9 Å². The Hall–Kier alpha value is -3.09. The Labute approximate surface area is 131 Å². The highest BCUT2D eigenvalue weighted by atomic mass is 19.1. The van der Waals surface area contributed by atoms with E-state index in [9.17, 15) is 9.18 Å². The molecule has 0 amide bonds. The standard InChI is InChI=1S/C16H13FN4O2/c1-11-3-5-21(20-11)15-6-12(2-4-19-15)10-23-16(22)13-7-14(17)9-18-8-13/h2-9H,10H2,1H3. The molecule has 0 atom stereocenters. The zero-order valence-electron chi connectivity index (χ0n) is 12.3. The van der Waals surface area contributed by atoms with Gasteiger partial charge >= 0.3 is 5.97 Å². The van der Waals surface area contributed by atoms with Crippen molar-refractivity contribution in [2.45, 2.75) is 13.5 Å². The molecule has 0 spiro atoms. The Morgan fingerprint density at radius 2 is 2.17 bits per heavy atom. The summed E-state index contributed by atoms with van der Waals surface area (Å²) in [5.74, 6) is -0.593. The van der Waals surface area contributed by atoms with Crippen LogP contribution < -0.4 is 0 Å². The average molecular weight is 312 g/mol. The third-order valence-electron chi connectivity index (χ3n) is 3.08. The first-order chi connectivity index (χ1) is 11.1. The first-order valence-electron chi connectivity index (χ1n) is 6.87. The summed E-state index contributed by atoms with van der Waals surface area (Å²) in [6, 6.07) is 6.45. The molecule has 0 aliphatic carbocycles. The number of rotatable bonds is 4. The normalized spacial score (nSPS) is 10.5. The number of hydrogen-bond donors (Lipinski definition) is 0. The second-order valence-electron chi connectivity index (χ2n) is 4.89. The number of nitrogens with zero attached hydrogens (tertiary/aromatic N) is 4. The summed E-state index contributed by atoms with van der Waals surface area (Å²) in [7, 11) is 0. The van der Waals surface area contributed by atoms with Gasteiger partial charge in [-0.05, 0) is 36.8 Å². The van der Waals surface area contributed by atoms with E-state index < -0.39 is 11.8 Å². The molecule has 23 heavy (non-hydrogen) atoms. The van der Waals surface area contributed by atoms with Gasteiger partial charge in [-0.15, -0.1) is 0 Å². The second-order valence-corrected chi connectivity index (χ2v) is 4.89. The van der Waals surface area contributed by atoms with Crippen molar-refractivity contribution in [2.75, 3.05) is 0 Å². The number of halogens is 1. The lowest BCUT2D eigenvalue weighted by Crippen LogP contribution is -2.07. The van der Waals surface area contributed by atoms with Crippen LogP contribution in [0, 0.1) is 12.7 Å². The monoisotopic (exact) mass is 312 g/mol. The first kappa shape index (κ1) is 14.8. The van der Waals surface area contributed by atoms with E-state index in [0.29, 0.717) is 5.82 Å². The molecule has 3 rings (SSSR count). The molecule has 0 saturated heterocycles. The van der Waals surface area contributed by atoms with Crippen molar-refractivity contribution in [3.8, 4) is 5.82 Å². The van der Waals surface area contributed by atoms with Crippen LogP contribution in [0.2, 0.25) is 0 Å². The molecule has 0 N–H and O–H groups in total. The maximum Gasteiger partial charge on any atom is 0.340 e. The van der Waals surface area contributed by atoms with Gasteiger partial charge in [0.25, 0.3) is 0 Å². The van der Waals surface area contributed by atoms with Gasteiger partial charge in [0.1, 0.15) is 12.4 Å². The number of carbonyl (C=O) groups excluding carboxylic acids is 1. The number of pyridine rings is 2. The molecule has 3 aromatic heterocycles. The van der Waals surface area contributed by atoms with Crippen LogP contribution in [0.4, 0.5) is 4.39 Å². The van der Waals surface area contributed by atoms with Crippen LogP contribution in [-0.4, -0.2) is 25.7 Å². The predicted octanol–water partition coefficient (Wildman–Crippen LogP) is 2.47. The molecular formula is C16H13FN4O2. The van der Waals surface area contributed by atoms with E-state index in [1.54, 1.807) is 29.2 Å². The van der Waals surface area contributed by atoms with E-state index >= 15 is 0 Å². The van der Waals surface area contributed by atoms with Gasteiger partial charge in [0, 0.05) is 18.6 Å². The summed E-state index contributed by atoms with van der Waals surface area (Å²) in [4.78, 5) is 19.7. The van der Waals surface area contributed by atoms with Crippen LogP contribution in [0.3, 0.4) is 0 Å². The molecule has 0 bridgehead atoms. The average Bonchev–Trinajstić information content (AvgIpc) is 2.99. The summed E-state index contributed by atoms with van der Waals surface area (Å²) in [5.41, 5.74) is 1.70. The van der Waals surface area contributed by atoms with Crippen LogP contribution >= 0.6 is 0 Å². The summed E-state index contributed by atoms with van der Waals surface area (Å²) < 4.78 is 19.8. The number of esters is 1. The van der Waals surface area contributed by atoms with Gasteiger partial charge in [0.2, 0.25) is 0 Å². The van der Waals surface area contributed by atoms with E-state index in [4.69, 9.17) is 4.74 Å². The quantitative estimate of drug-likeness (QED) is 0.692. The van der Waals surface area contributed by atoms with E-state index in [2.05, 4.69) is 15.1 Å². The van der Waals surface area contributed by atoms with Crippen molar-refractivity contribution in [3.05, 3.63) is 71.7 Å². The molecule has 6 nitrogen and oxygen atoms in total. The zero-order chi connectivity index (χ0) is 16.2. The molecule has 116 valence electrons. The Morgan fingerprint density at radius 1 is 1.30 bits per heavy atom. The number of aromatic nitrogens is 4. The molecule has 0 fully saturated rings. The molecular weight excluding hydrogens is 299 g/mol. The van der Waals surface area contributed by atoms with Gasteiger partial charge in [-0.3, -0.25) is 4.98 Å². The van der Waals surface area contributed by atoms with Crippen molar-refractivity contribution >= 4 is 5.97 Å². The predicted molar refractivity (Wildman–Crippen MR) is 79.4 cm³/mol. The molecule has 0 radical (unpaired) electrons. The van der Waals surface area contributed by atoms with Crippen LogP contribution in [0.1, 0.15) is 21.6 Å². The third kappa shape index (κ3) is 3.57. The second kappa shape index (κ2) is 6.35. The molecule has 0 saturated carbocycles. The summed E-state index contributed by atoms with van der Waals surface area (Å²) in [6.45, 7) is 1.93. The Balaban J connectivity index is 1.70. The lowest BCUT2D eigenvalue weighted by Gasteiger charge is -2.06. The summed E-state index contributed by atoms with van der Waals surface area (Å²) in [5, 5.41) is 4.27. The van der Waals surface area contributed by atoms with E-state index in [-0.39, 0.29) is 12.2 Å². The van der Waals surface area contributed by atoms with E-state index in [1.807, 2.05) is 13.0 Å². The Kier molecular flexibility index (Phi) is 4.09. The SMILES string of the molecule is Cc1ccn(-c2cc(COC(=O)c3cncc(F)c3)ccn2)n1. The lowest BCUT2D eigenvalue weighted by atomic mass is 10.2. The van der Waals surface area contributed by atoms with Crippen molar-refractivity contribution in [2.24, 2.45) is 0 Å². The molecule has 3 heterocycles. The fraction of sp³-hybridized carbons (Fsp3) is 0.125. The number of aryl methyl sites for hydroxylation is 1. The van der Waals surface area contributed by atoms with Crippen LogP contribution in [0.5, 0.6) is 0 Å². The fourth-order valence-electron chi connectivity index (χ4n) is 1.97. The number of carbonyl (C=O) groups is 1. The van der Waals surface area contributed by atoms with Gasteiger partial charge in [0.15, 0.2) is 5.82 Å². The van der Waals surface area contributed by atoms with Crippen LogP contribution in [0.25, 0.3) is 5.82 Å². The Morgan fingerprint density at radius 3 is 2.91 bits per heavy atom. The third-order valence-corrected chi connectivity index (χ3v) is 3.08. The number of ether oxygens (including phenoxy) is 1. The summed E-state index contributed by atoms with van der Waals surface area (Å²) >= 11 is 0. The van der Waals surface area contributed by atoms with Gasteiger partial charge < -0.3 is 4.74 Å². The van der Waals surface area contributed by atoms with E-state index in [0.717, 1.165) is 23.5 Å². The highest BCUT2D eigenvalue weighted by Gasteiger charge is 2.09. The van der Waals surface area contributed by atoms with Crippen LogP contribution in [0.15, 0.2) is 49.1 Å². The van der Waals surface area contributed by atoms with Gasteiger partial charge in [-0.2, -0.15) is 5.10 Å². The van der Waals surface area contributed by atoms with Gasteiger partial charge in [-0.25, -0.2) is 18.9 Å². The minimum atomic E-state index is -0.634. The molecule has 0 aromatic carbocycles. The smallest absolute Gasteiger partial charge is 0.340 e. The molecule has 3 aromatic rings. The lowest BCUT2D eigenvalue weighted by molar-refractivity contribution is 0.0471. The van der Waals surface area contributed by atoms with Gasteiger partial charge in [-0.1, -0.05) is 0 Å². The van der Waals surface area contributed by atoms with Crippen molar-refractivity contribution in [1.82, 2.24) is 19.7 Å². The van der Waals surface area contributed by atoms with E-state index in [1.165, 1.54) is 6.20 Å². The van der Waals surface area contributed by atoms with Gasteiger partial charge in [0.05, 0.1) is 17.5 Å². The van der Waals surface area contributed by atoms with Crippen molar-refractivity contribution in [3.63, 3.8) is 0 Å². The van der Waals surface area contributed by atoms with Crippen molar-refractivity contribution < 1.29 is 13.9 Å². The highest BCUT2D eigenvalue weighted by Crippen LogP contribution is 2.10. The maximum absolute atomic E-state index is 13.0. The molecule has 0 aliphatic rings. The maximum atomic E-state index is 13.0. The minimum Gasteiger partial charge on any atom is -0.457 e. The fourth-order valence-corrected chi connectivity index (χ4v) is 1.97. The largest absolute Gasteiger partial charge is 0.457 e. The molecule has 0 unspecified atom stereocenters. The van der Waals surface area contributed by atoms with Crippen LogP contribution in [-0.2, 0) is 11.3 Å². The highest BCUT2D eigenvalue weighted by molar-refractivity contribution is 5.88. The first-order valence-corrected chi connectivity index (χ1v) is 6.87. The molecule has 0 aliphatic heterocycles. The molecule has 7 heteroatoms. The van der Waals surface area contributed by atoms with Crippen molar-refractivity contribution in [1.29, 1.82) is 0 Å². The number of hydrogen-bond acceptors (Lipinski definition) is 5. The Bertz CT molecular complexity index is 847. The minimum absolute atomic E-state index is 0.0467. The zero-order valence-corrected chi connectivity index (χ0v) is 12.3.